The summed E-state index contributed by atoms with van der Waals surface area (Å²) in [5.74, 6) is 0.447. The summed E-state index contributed by atoms with van der Waals surface area (Å²) in [6, 6.07) is 4.25. The largest absolute Gasteiger partial charge is 0.469 e. The Morgan fingerprint density at radius 1 is 1.43 bits per heavy atom. The quantitative estimate of drug-likeness (QED) is 0.502. The van der Waals surface area contributed by atoms with Crippen molar-refractivity contribution in [2.75, 3.05) is 51.3 Å². The molecule has 0 radical (unpaired) electrons. The van der Waals surface area contributed by atoms with Gasteiger partial charge >= 0.3 is 5.97 Å². The standard InChI is InChI=1S/C16H26N4O2S/c1-4-17-16(18-12-13(2)15(21)22-3)20-9-7-19(8-10-20)14-6-5-11-23-14/h5-6,11,13H,4,7-10,12H2,1-3H3,(H,17,18). The van der Waals surface area contributed by atoms with E-state index in [1.165, 1.54) is 12.1 Å². The van der Waals surface area contributed by atoms with E-state index in [0.29, 0.717) is 6.54 Å². The van der Waals surface area contributed by atoms with Crippen LogP contribution in [-0.4, -0.2) is 63.2 Å². The lowest BCUT2D eigenvalue weighted by Crippen LogP contribution is -2.52. The number of hydrogen-bond donors (Lipinski definition) is 1. The number of ether oxygens (including phenoxy) is 1. The van der Waals surface area contributed by atoms with Gasteiger partial charge < -0.3 is 19.9 Å². The Kier molecular flexibility index (Phi) is 6.70. The smallest absolute Gasteiger partial charge is 0.310 e. The molecule has 1 fully saturated rings. The molecule has 0 aromatic carbocycles. The third kappa shape index (κ3) is 4.86. The Balaban J connectivity index is 1.92. The number of piperazine rings is 1. The van der Waals surface area contributed by atoms with E-state index in [1.807, 2.05) is 6.92 Å². The van der Waals surface area contributed by atoms with Crippen molar-refractivity contribution in [1.82, 2.24) is 10.2 Å². The fraction of sp³-hybridized carbons (Fsp3) is 0.625. The summed E-state index contributed by atoms with van der Waals surface area (Å²) < 4.78 is 4.76. The van der Waals surface area contributed by atoms with Crippen LogP contribution in [0.15, 0.2) is 22.5 Å². The molecule has 1 aliphatic heterocycles. The van der Waals surface area contributed by atoms with E-state index in [4.69, 9.17) is 4.74 Å². The SMILES string of the molecule is CCNC(=NCC(C)C(=O)OC)N1CCN(c2cccs2)CC1. The Bertz CT molecular complexity index is 510. The van der Waals surface area contributed by atoms with Crippen molar-refractivity contribution in [3.63, 3.8) is 0 Å². The summed E-state index contributed by atoms with van der Waals surface area (Å²) in [6.07, 6.45) is 0. The van der Waals surface area contributed by atoms with Gasteiger partial charge in [-0.2, -0.15) is 0 Å². The summed E-state index contributed by atoms with van der Waals surface area (Å²) in [6.45, 7) is 8.98. The Morgan fingerprint density at radius 3 is 2.74 bits per heavy atom. The zero-order valence-corrected chi connectivity index (χ0v) is 14.9. The second-order valence-electron chi connectivity index (χ2n) is 5.54. The van der Waals surface area contributed by atoms with Crippen molar-refractivity contribution in [1.29, 1.82) is 0 Å². The average molecular weight is 338 g/mol. The van der Waals surface area contributed by atoms with Gasteiger partial charge in [0.05, 0.1) is 24.6 Å². The molecule has 1 N–H and O–H groups in total. The molecule has 1 aliphatic rings. The normalized spacial score (nSPS) is 17.1. The van der Waals surface area contributed by atoms with Gasteiger partial charge in [-0.05, 0) is 24.4 Å². The molecular weight excluding hydrogens is 312 g/mol. The van der Waals surface area contributed by atoms with E-state index in [1.54, 1.807) is 11.3 Å². The zero-order valence-electron chi connectivity index (χ0n) is 14.1. The average Bonchev–Trinajstić information content (AvgIpc) is 3.12. The number of methoxy groups -OCH3 is 1. The van der Waals surface area contributed by atoms with Crippen LogP contribution >= 0.6 is 11.3 Å². The van der Waals surface area contributed by atoms with Crippen LogP contribution in [0, 0.1) is 5.92 Å². The third-order valence-corrected chi connectivity index (χ3v) is 4.78. The number of nitrogens with zero attached hydrogens (tertiary/aromatic N) is 3. The van der Waals surface area contributed by atoms with Crippen LogP contribution in [0.5, 0.6) is 0 Å². The third-order valence-electron chi connectivity index (χ3n) is 3.85. The number of anilines is 1. The first kappa shape index (κ1) is 17.6. The number of aliphatic imine (C=N–C) groups is 1. The predicted octanol–water partition coefficient (Wildman–Crippen LogP) is 1.64. The lowest BCUT2D eigenvalue weighted by Gasteiger charge is -2.37. The minimum atomic E-state index is -0.221. The minimum absolute atomic E-state index is 0.216. The second-order valence-corrected chi connectivity index (χ2v) is 6.47. The number of rotatable bonds is 5. The van der Waals surface area contributed by atoms with Gasteiger partial charge in [0, 0.05) is 32.7 Å². The maximum Gasteiger partial charge on any atom is 0.310 e. The molecule has 7 heteroatoms. The number of nitrogens with one attached hydrogen (secondary N) is 1. The van der Waals surface area contributed by atoms with E-state index in [-0.39, 0.29) is 11.9 Å². The first-order valence-corrected chi connectivity index (χ1v) is 8.93. The molecule has 6 nitrogen and oxygen atoms in total. The minimum Gasteiger partial charge on any atom is -0.469 e. The van der Waals surface area contributed by atoms with Crippen molar-refractivity contribution in [3.8, 4) is 0 Å². The van der Waals surface area contributed by atoms with Crippen LogP contribution in [0.1, 0.15) is 13.8 Å². The maximum absolute atomic E-state index is 11.5. The number of esters is 1. The van der Waals surface area contributed by atoms with Crippen LogP contribution in [0.25, 0.3) is 0 Å². The predicted molar refractivity (Wildman–Crippen MR) is 95.3 cm³/mol. The fourth-order valence-electron chi connectivity index (χ4n) is 2.51. The molecule has 0 bridgehead atoms. The highest BCUT2D eigenvalue weighted by Gasteiger charge is 2.21. The monoisotopic (exact) mass is 338 g/mol. The molecule has 0 amide bonds. The lowest BCUT2D eigenvalue weighted by molar-refractivity contribution is -0.144. The molecular formula is C16H26N4O2S. The molecule has 1 unspecified atom stereocenters. The highest BCUT2D eigenvalue weighted by Crippen LogP contribution is 2.22. The molecule has 128 valence electrons. The van der Waals surface area contributed by atoms with Crippen molar-refractivity contribution < 1.29 is 9.53 Å². The molecule has 1 saturated heterocycles. The number of carbonyl (C=O) groups excluding carboxylic acids is 1. The molecule has 0 saturated carbocycles. The molecule has 1 aromatic heterocycles. The van der Waals surface area contributed by atoms with Gasteiger partial charge in [-0.15, -0.1) is 11.3 Å². The van der Waals surface area contributed by atoms with Gasteiger partial charge in [0.2, 0.25) is 0 Å². The summed E-state index contributed by atoms with van der Waals surface area (Å²) in [4.78, 5) is 20.8. The summed E-state index contributed by atoms with van der Waals surface area (Å²) in [5.41, 5.74) is 0. The van der Waals surface area contributed by atoms with Crippen LogP contribution < -0.4 is 10.2 Å². The Labute approximate surface area is 142 Å². The van der Waals surface area contributed by atoms with E-state index in [2.05, 4.69) is 44.5 Å². The van der Waals surface area contributed by atoms with E-state index < -0.39 is 0 Å². The van der Waals surface area contributed by atoms with E-state index in [0.717, 1.165) is 38.7 Å². The maximum atomic E-state index is 11.5. The first-order chi connectivity index (χ1) is 11.2. The lowest BCUT2D eigenvalue weighted by atomic mass is 10.2. The van der Waals surface area contributed by atoms with Crippen LogP contribution in [-0.2, 0) is 9.53 Å². The van der Waals surface area contributed by atoms with Crippen LogP contribution in [0.4, 0.5) is 5.00 Å². The molecule has 2 rings (SSSR count). The van der Waals surface area contributed by atoms with E-state index in [9.17, 15) is 4.79 Å². The van der Waals surface area contributed by atoms with Gasteiger partial charge in [-0.3, -0.25) is 9.79 Å². The second kappa shape index (κ2) is 8.76. The molecule has 1 aromatic rings. The number of thiophene rings is 1. The molecule has 23 heavy (non-hydrogen) atoms. The summed E-state index contributed by atoms with van der Waals surface area (Å²) in [7, 11) is 1.41. The number of guanidine groups is 1. The summed E-state index contributed by atoms with van der Waals surface area (Å²) in [5, 5.41) is 6.76. The molecule has 1 atom stereocenters. The van der Waals surface area contributed by atoms with Gasteiger partial charge in [-0.1, -0.05) is 6.92 Å². The fourth-order valence-corrected chi connectivity index (χ4v) is 3.30. The van der Waals surface area contributed by atoms with Crippen molar-refractivity contribution in [2.24, 2.45) is 10.9 Å². The van der Waals surface area contributed by atoms with Gasteiger partial charge in [0.1, 0.15) is 0 Å². The number of hydrogen-bond acceptors (Lipinski definition) is 5. The first-order valence-electron chi connectivity index (χ1n) is 8.05. The van der Waals surface area contributed by atoms with Crippen molar-refractivity contribution >= 4 is 28.3 Å². The van der Waals surface area contributed by atoms with Crippen LogP contribution in [0.3, 0.4) is 0 Å². The van der Waals surface area contributed by atoms with Crippen molar-refractivity contribution in [3.05, 3.63) is 17.5 Å². The van der Waals surface area contributed by atoms with Gasteiger partial charge in [-0.25, -0.2) is 0 Å². The number of carbonyl (C=O) groups is 1. The molecule has 2 heterocycles. The zero-order chi connectivity index (χ0) is 16.7. The highest BCUT2D eigenvalue weighted by atomic mass is 32.1. The van der Waals surface area contributed by atoms with Crippen LogP contribution in [0.2, 0.25) is 0 Å². The Morgan fingerprint density at radius 2 is 2.17 bits per heavy atom. The molecule has 0 spiro atoms. The van der Waals surface area contributed by atoms with Gasteiger partial charge in [0.15, 0.2) is 5.96 Å². The molecule has 0 aliphatic carbocycles. The van der Waals surface area contributed by atoms with Crippen molar-refractivity contribution in [2.45, 2.75) is 13.8 Å². The highest BCUT2D eigenvalue weighted by molar-refractivity contribution is 7.14. The van der Waals surface area contributed by atoms with E-state index >= 15 is 0 Å². The van der Waals surface area contributed by atoms with Gasteiger partial charge in [0.25, 0.3) is 0 Å². The topological polar surface area (TPSA) is 57.2 Å². The Hall–Kier alpha value is -1.76. The summed E-state index contributed by atoms with van der Waals surface area (Å²) >= 11 is 1.78.